The fraction of sp³-hybridized carbons (Fsp3) is 0.533. The number of amides is 1. The number of ether oxygens (including phenoxy) is 1. The van der Waals surface area contributed by atoms with Crippen molar-refractivity contribution in [3.05, 3.63) is 29.8 Å². The SMILES string of the molecule is CCOC(=O)NC1CC[C@H]2c3ccccc3N[C@H]2C1. The first-order valence-corrected chi connectivity index (χ1v) is 7.06. The molecule has 0 radical (unpaired) electrons. The van der Waals surface area contributed by atoms with Crippen LogP contribution in [0.25, 0.3) is 0 Å². The van der Waals surface area contributed by atoms with Crippen LogP contribution < -0.4 is 10.6 Å². The van der Waals surface area contributed by atoms with E-state index in [2.05, 4.69) is 34.9 Å². The Morgan fingerprint density at radius 3 is 3.11 bits per heavy atom. The zero-order valence-corrected chi connectivity index (χ0v) is 11.2. The van der Waals surface area contributed by atoms with Crippen molar-refractivity contribution in [2.24, 2.45) is 0 Å². The summed E-state index contributed by atoms with van der Waals surface area (Å²) >= 11 is 0. The van der Waals surface area contributed by atoms with Crippen LogP contribution in [-0.4, -0.2) is 24.8 Å². The molecule has 102 valence electrons. The minimum atomic E-state index is -0.290. The van der Waals surface area contributed by atoms with Crippen molar-refractivity contribution < 1.29 is 9.53 Å². The molecule has 19 heavy (non-hydrogen) atoms. The first-order chi connectivity index (χ1) is 9.28. The lowest BCUT2D eigenvalue weighted by molar-refractivity contribution is 0.144. The van der Waals surface area contributed by atoms with Crippen LogP contribution in [-0.2, 0) is 4.74 Å². The number of rotatable bonds is 2. The molecule has 0 aromatic heterocycles. The Labute approximate surface area is 113 Å². The van der Waals surface area contributed by atoms with Gasteiger partial charge in [0.05, 0.1) is 6.61 Å². The summed E-state index contributed by atoms with van der Waals surface area (Å²) in [7, 11) is 0. The van der Waals surface area contributed by atoms with E-state index < -0.39 is 0 Å². The van der Waals surface area contributed by atoms with E-state index in [1.807, 2.05) is 6.92 Å². The van der Waals surface area contributed by atoms with E-state index >= 15 is 0 Å². The van der Waals surface area contributed by atoms with Crippen LogP contribution >= 0.6 is 0 Å². The quantitative estimate of drug-likeness (QED) is 0.859. The molecule has 1 amide bonds. The summed E-state index contributed by atoms with van der Waals surface area (Å²) in [4.78, 5) is 11.5. The number of carbonyl (C=O) groups excluding carboxylic acids is 1. The van der Waals surface area contributed by atoms with Crippen molar-refractivity contribution in [1.29, 1.82) is 0 Å². The summed E-state index contributed by atoms with van der Waals surface area (Å²) in [5, 5.41) is 6.54. The fourth-order valence-corrected chi connectivity index (χ4v) is 3.32. The molecule has 4 heteroatoms. The molecule has 0 spiro atoms. The Hall–Kier alpha value is -1.71. The van der Waals surface area contributed by atoms with E-state index in [0.29, 0.717) is 18.6 Å². The van der Waals surface area contributed by atoms with Gasteiger partial charge in [0.1, 0.15) is 0 Å². The normalized spacial score (nSPS) is 27.9. The maximum Gasteiger partial charge on any atom is 0.407 e. The molecule has 1 saturated carbocycles. The van der Waals surface area contributed by atoms with Gasteiger partial charge in [-0.2, -0.15) is 0 Å². The lowest BCUT2D eigenvalue weighted by Crippen LogP contribution is -2.43. The van der Waals surface area contributed by atoms with E-state index in [0.717, 1.165) is 19.3 Å². The highest BCUT2D eigenvalue weighted by Gasteiger charge is 2.37. The molecule has 1 aliphatic heterocycles. The average molecular weight is 260 g/mol. The Kier molecular flexibility index (Phi) is 3.32. The van der Waals surface area contributed by atoms with Crippen LogP contribution in [0.3, 0.4) is 0 Å². The van der Waals surface area contributed by atoms with Crippen LogP contribution in [0.5, 0.6) is 0 Å². The van der Waals surface area contributed by atoms with E-state index in [4.69, 9.17) is 4.74 Å². The molecule has 0 saturated heterocycles. The predicted molar refractivity (Wildman–Crippen MR) is 74.4 cm³/mol. The predicted octanol–water partition coefficient (Wildman–Crippen LogP) is 2.86. The summed E-state index contributed by atoms with van der Waals surface area (Å²) in [5.74, 6) is 0.594. The number of carbonyl (C=O) groups is 1. The maximum atomic E-state index is 11.5. The molecule has 1 aromatic carbocycles. The second kappa shape index (κ2) is 5.11. The number of hydrogen-bond acceptors (Lipinski definition) is 3. The molecule has 1 heterocycles. The molecule has 2 aliphatic rings. The molecule has 1 fully saturated rings. The summed E-state index contributed by atoms with van der Waals surface area (Å²) in [6.45, 7) is 2.25. The zero-order chi connectivity index (χ0) is 13.2. The van der Waals surface area contributed by atoms with E-state index in [1.165, 1.54) is 11.3 Å². The second-order valence-electron chi connectivity index (χ2n) is 5.32. The Morgan fingerprint density at radius 2 is 2.26 bits per heavy atom. The maximum absolute atomic E-state index is 11.5. The molecule has 1 aromatic rings. The first kappa shape index (κ1) is 12.3. The van der Waals surface area contributed by atoms with Crippen LogP contribution in [0.1, 0.15) is 37.7 Å². The number of para-hydroxylation sites is 1. The Balaban J connectivity index is 1.63. The molecule has 0 bridgehead atoms. The minimum Gasteiger partial charge on any atom is -0.450 e. The van der Waals surface area contributed by atoms with Crippen molar-refractivity contribution in [3.8, 4) is 0 Å². The van der Waals surface area contributed by atoms with Gasteiger partial charge in [-0.15, -0.1) is 0 Å². The Morgan fingerprint density at radius 1 is 1.42 bits per heavy atom. The van der Waals surface area contributed by atoms with Crippen molar-refractivity contribution in [1.82, 2.24) is 5.32 Å². The van der Waals surface area contributed by atoms with E-state index in [-0.39, 0.29) is 12.1 Å². The fourth-order valence-electron chi connectivity index (χ4n) is 3.32. The van der Waals surface area contributed by atoms with Gasteiger partial charge in [-0.25, -0.2) is 4.79 Å². The highest BCUT2D eigenvalue weighted by molar-refractivity contribution is 5.67. The summed E-state index contributed by atoms with van der Waals surface area (Å²) in [6, 6.07) is 9.19. The number of fused-ring (bicyclic) bond motifs is 3. The number of nitrogens with one attached hydrogen (secondary N) is 2. The molecule has 3 rings (SSSR count). The lowest BCUT2D eigenvalue weighted by atomic mass is 9.80. The smallest absolute Gasteiger partial charge is 0.407 e. The number of hydrogen-bond donors (Lipinski definition) is 2. The molecule has 3 atom stereocenters. The summed E-state index contributed by atoms with van der Waals surface area (Å²) in [5.41, 5.74) is 2.69. The molecule has 1 unspecified atom stereocenters. The largest absolute Gasteiger partial charge is 0.450 e. The van der Waals surface area contributed by atoms with Gasteiger partial charge in [-0.05, 0) is 37.8 Å². The van der Waals surface area contributed by atoms with Gasteiger partial charge in [0.25, 0.3) is 0 Å². The van der Waals surface area contributed by atoms with Crippen molar-refractivity contribution in [2.45, 2.75) is 44.2 Å². The minimum absolute atomic E-state index is 0.224. The average Bonchev–Trinajstić information content (AvgIpc) is 2.76. The monoisotopic (exact) mass is 260 g/mol. The van der Waals surface area contributed by atoms with Gasteiger partial charge in [-0.3, -0.25) is 0 Å². The van der Waals surface area contributed by atoms with Crippen LogP contribution in [0.15, 0.2) is 24.3 Å². The summed E-state index contributed by atoms with van der Waals surface area (Å²) < 4.78 is 4.95. The molecular formula is C15H20N2O2. The zero-order valence-electron chi connectivity index (χ0n) is 11.2. The molecule has 4 nitrogen and oxygen atoms in total. The van der Waals surface area contributed by atoms with E-state index in [1.54, 1.807) is 0 Å². The second-order valence-corrected chi connectivity index (χ2v) is 5.32. The number of alkyl carbamates (subject to hydrolysis) is 1. The third-order valence-electron chi connectivity index (χ3n) is 4.15. The first-order valence-electron chi connectivity index (χ1n) is 7.06. The molecule has 2 N–H and O–H groups in total. The van der Waals surface area contributed by atoms with E-state index in [9.17, 15) is 4.79 Å². The third-order valence-corrected chi connectivity index (χ3v) is 4.15. The van der Waals surface area contributed by atoms with Crippen LogP contribution in [0.4, 0.5) is 10.5 Å². The third kappa shape index (κ3) is 2.39. The van der Waals surface area contributed by atoms with Gasteiger partial charge in [0.15, 0.2) is 0 Å². The van der Waals surface area contributed by atoms with Crippen LogP contribution in [0.2, 0.25) is 0 Å². The van der Waals surface area contributed by atoms with Gasteiger partial charge in [0, 0.05) is 23.7 Å². The lowest BCUT2D eigenvalue weighted by Gasteiger charge is -2.32. The van der Waals surface area contributed by atoms with Gasteiger partial charge < -0.3 is 15.4 Å². The number of benzene rings is 1. The van der Waals surface area contributed by atoms with Gasteiger partial charge in [0.2, 0.25) is 0 Å². The molecule has 1 aliphatic carbocycles. The number of anilines is 1. The highest BCUT2D eigenvalue weighted by atomic mass is 16.5. The van der Waals surface area contributed by atoms with Gasteiger partial charge in [-0.1, -0.05) is 18.2 Å². The topological polar surface area (TPSA) is 50.4 Å². The van der Waals surface area contributed by atoms with Crippen molar-refractivity contribution >= 4 is 11.8 Å². The standard InChI is InChI=1S/C15H20N2O2/c1-2-19-15(18)16-10-7-8-12-11-5-3-4-6-13(11)17-14(12)9-10/h3-6,10,12,14,17H,2,7-9H2,1H3,(H,16,18)/t10?,12-,14-/m0/s1. The van der Waals surface area contributed by atoms with Crippen LogP contribution in [0, 0.1) is 0 Å². The van der Waals surface area contributed by atoms with Crippen molar-refractivity contribution in [3.63, 3.8) is 0 Å². The Bertz CT molecular complexity index is 475. The summed E-state index contributed by atoms with van der Waals surface area (Å²) in [6.07, 6.45) is 2.82. The highest BCUT2D eigenvalue weighted by Crippen LogP contribution is 2.43. The molecular weight excluding hydrogens is 240 g/mol. The van der Waals surface area contributed by atoms with Gasteiger partial charge >= 0.3 is 6.09 Å². The van der Waals surface area contributed by atoms with Crippen molar-refractivity contribution in [2.75, 3.05) is 11.9 Å².